The van der Waals surface area contributed by atoms with E-state index in [0.717, 1.165) is 23.0 Å². The van der Waals surface area contributed by atoms with Gasteiger partial charge in [0.15, 0.2) is 10.8 Å². The van der Waals surface area contributed by atoms with Crippen molar-refractivity contribution < 1.29 is 0 Å². The number of halogens is 1. The molecule has 18 heavy (non-hydrogen) atoms. The number of hydrogen-bond acceptors (Lipinski definition) is 3. The molecule has 0 atom stereocenters. The third-order valence-electron chi connectivity index (χ3n) is 2.92. The van der Waals surface area contributed by atoms with Gasteiger partial charge in [0, 0.05) is 24.2 Å². The number of nitrogens with zero attached hydrogens (tertiary/aromatic N) is 3. The highest BCUT2D eigenvalue weighted by molar-refractivity contribution is 7.15. The summed E-state index contributed by atoms with van der Waals surface area (Å²) in [6.07, 6.45) is 2.04. The van der Waals surface area contributed by atoms with E-state index in [1.54, 1.807) is 11.3 Å². The summed E-state index contributed by atoms with van der Waals surface area (Å²) in [5, 5.41) is 2.05. The lowest BCUT2D eigenvalue weighted by Crippen LogP contribution is -2.35. The van der Waals surface area contributed by atoms with Crippen molar-refractivity contribution in [3.63, 3.8) is 0 Å². The third-order valence-corrected chi connectivity index (χ3v) is 3.93. The molecule has 100 valence electrons. The Hall–Kier alpha value is -0.740. The van der Waals surface area contributed by atoms with E-state index in [1.807, 2.05) is 11.6 Å². The summed E-state index contributed by atoms with van der Waals surface area (Å²) in [6, 6.07) is 0.430. The summed E-state index contributed by atoms with van der Waals surface area (Å²) < 4.78 is 2.10. The molecule has 3 nitrogen and oxygen atoms in total. The molecule has 0 aliphatic carbocycles. The number of fused-ring (bicyclic) bond motifs is 1. The van der Waals surface area contributed by atoms with Gasteiger partial charge in [-0.05, 0) is 19.8 Å². The van der Waals surface area contributed by atoms with Gasteiger partial charge in [0.25, 0.3) is 0 Å². The zero-order valence-electron chi connectivity index (χ0n) is 11.4. The van der Waals surface area contributed by atoms with Gasteiger partial charge in [-0.2, -0.15) is 0 Å². The minimum Gasteiger partial charge on any atom is -0.352 e. The van der Waals surface area contributed by atoms with Crippen LogP contribution in [0.15, 0.2) is 11.6 Å². The van der Waals surface area contributed by atoms with Gasteiger partial charge < -0.3 is 4.90 Å². The number of hydrogen-bond donors (Lipinski definition) is 0. The van der Waals surface area contributed by atoms with Gasteiger partial charge in [-0.25, -0.2) is 4.98 Å². The highest BCUT2D eigenvalue weighted by Gasteiger charge is 2.21. The molecule has 2 aromatic heterocycles. The van der Waals surface area contributed by atoms with Crippen LogP contribution in [0.2, 0.25) is 0 Å². The van der Waals surface area contributed by atoms with E-state index in [1.165, 1.54) is 0 Å². The van der Waals surface area contributed by atoms with Gasteiger partial charge in [-0.1, -0.05) is 13.8 Å². The Kier molecular flexibility index (Phi) is 4.17. The van der Waals surface area contributed by atoms with Crippen LogP contribution in [0.1, 0.15) is 33.4 Å². The van der Waals surface area contributed by atoms with Crippen molar-refractivity contribution >= 4 is 33.7 Å². The summed E-state index contributed by atoms with van der Waals surface area (Å²) in [5.41, 5.74) is 1.10. The summed E-state index contributed by atoms with van der Waals surface area (Å²) in [7, 11) is 0. The number of alkyl halides is 1. The second-order valence-corrected chi connectivity index (χ2v) is 6.35. The predicted octanol–water partition coefficient (Wildman–Crippen LogP) is 4.01. The largest absolute Gasteiger partial charge is 0.352 e. The maximum atomic E-state index is 6.11. The second kappa shape index (κ2) is 5.49. The molecule has 0 saturated heterocycles. The van der Waals surface area contributed by atoms with E-state index in [0.29, 0.717) is 17.8 Å². The number of imidazole rings is 1. The van der Waals surface area contributed by atoms with Crippen molar-refractivity contribution in [3.8, 4) is 0 Å². The normalized spacial score (nSPS) is 11.9. The Morgan fingerprint density at radius 3 is 2.67 bits per heavy atom. The Bertz CT molecular complexity index is 515. The fourth-order valence-electron chi connectivity index (χ4n) is 2.11. The van der Waals surface area contributed by atoms with Crippen LogP contribution >= 0.6 is 22.9 Å². The number of anilines is 1. The Balaban J connectivity index is 2.45. The first kappa shape index (κ1) is 13.7. The van der Waals surface area contributed by atoms with E-state index >= 15 is 0 Å². The van der Waals surface area contributed by atoms with Crippen molar-refractivity contribution in [2.75, 3.05) is 11.4 Å². The zero-order valence-corrected chi connectivity index (χ0v) is 12.9. The molecular formula is C13H20ClN3S. The van der Waals surface area contributed by atoms with Gasteiger partial charge in [0.2, 0.25) is 0 Å². The monoisotopic (exact) mass is 285 g/mol. The van der Waals surface area contributed by atoms with Gasteiger partial charge in [0.05, 0.1) is 11.6 Å². The SMILES string of the molecule is CC(C)CN(c1nc2sccn2c1CCl)C(C)C. The lowest BCUT2D eigenvalue weighted by molar-refractivity contribution is 0.566. The molecule has 2 aromatic rings. The number of thiazole rings is 1. The highest BCUT2D eigenvalue weighted by atomic mass is 35.5. The summed E-state index contributed by atoms with van der Waals surface area (Å²) in [4.78, 5) is 8.11. The van der Waals surface area contributed by atoms with Crippen LogP contribution < -0.4 is 4.90 Å². The molecule has 2 rings (SSSR count). The van der Waals surface area contributed by atoms with E-state index in [4.69, 9.17) is 16.6 Å². The Labute approximate surface area is 117 Å². The predicted molar refractivity (Wildman–Crippen MR) is 79.9 cm³/mol. The Morgan fingerprint density at radius 1 is 1.39 bits per heavy atom. The maximum absolute atomic E-state index is 6.11. The molecular weight excluding hydrogens is 266 g/mol. The first-order valence-electron chi connectivity index (χ1n) is 6.31. The minimum atomic E-state index is 0.430. The number of rotatable bonds is 5. The van der Waals surface area contributed by atoms with Crippen molar-refractivity contribution in [2.24, 2.45) is 5.92 Å². The van der Waals surface area contributed by atoms with Gasteiger partial charge in [-0.3, -0.25) is 4.40 Å². The standard InChI is InChI=1S/C13H20ClN3S/c1-9(2)8-17(10(3)4)12-11(7-14)16-5-6-18-13(16)15-12/h5-6,9-10H,7-8H2,1-4H3. The quantitative estimate of drug-likeness (QED) is 0.774. The molecule has 0 unspecified atom stereocenters. The minimum absolute atomic E-state index is 0.430. The van der Waals surface area contributed by atoms with Crippen molar-refractivity contribution in [2.45, 2.75) is 39.6 Å². The average molecular weight is 286 g/mol. The molecule has 0 radical (unpaired) electrons. The molecule has 0 aromatic carbocycles. The molecule has 0 N–H and O–H groups in total. The lowest BCUT2D eigenvalue weighted by Gasteiger charge is -2.29. The second-order valence-electron chi connectivity index (χ2n) is 5.21. The Morgan fingerprint density at radius 2 is 2.11 bits per heavy atom. The van der Waals surface area contributed by atoms with Crippen LogP contribution in [-0.4, -0.2) is 22.0 Å². The molecule has 0 aliphatic heterocycles. The fourth-order valence-corrected chi connectivity index (χ4v) is 3.09. The van der Waals surface area contributed by atoms with Crippen LogP contribution in [0.3, 0.4) is 0 Å². The summed E-state index contributed by atoms with van der Waals surface area (Å²) >= 11 is 7.76. The first-order chi connectivity index (χ1) is 8.54. The van der Waals surface area contributed by atoms with Crippen LogP contribution in [0.25, 0.3) is 4.96 Å². The molecule has 0 aliphatic rings. The van der Waals surface area contributed by atoms with Crippen LogP contribution in [-0.2, 0) is 5.88 Å². The molecule has 0 amide bonds. The van der Waals surface area contributed by atoms with Crippen LogP contribution in [0.4, 0.5) is 5.82 Å². The average Bonchev–Trinajstić information content (AvgIpc) is 2.84. The van der Waals surface area contributed by atoms with E-state index in [9.17, 15) is 0 Å². The van der Waals surface area contributed by atoms with Crippen LogP contribution in [0, 0.1) is 5.92 Å². The maximum Gasteiger partial charge on any atom is 0.195 e. The number of aromatic nitrogens is 2. The van der Waals surface area contributed by atoms with Crippen molar-refractivity contribution in [3.05, 3.63) is 17.3 Å². The molecule has 5 heteroatoms. The summed E-state index contributed by atoms with van der Waals surface area (Å²) in [5.74, 6) is 2.14. The van der Waals surface area contributed by atoms with Crippen molar-refractivity contribution in [1.82, 2.24) is 9.38 Å². The van der Waals surface area contributed by atoms with E-state index < -0.39 is 0 Å². The first-order valence-corrected chi connectivity index (χ1v) is 7.73. The van der Waals surface area contributed by atoms with E-state index in [2.05, 4.69) is 37.0 Å². The highest BCUT2D eigenvalue weighted by Crippen LogP contribution is 2.28. The smallest absolute Gasteiger partial charge is 0.195 e. The third kappa shape index (κ3) is 2.50. The molecule has 0 bridgehead atoms. The van der Waals surface area contributed by atoms with Crippen LogP contribution in [0.5, 0.6) is 0 Å². The topological polar surface area (TPSA) is 20.5 Å². The van der Waals surface area contributed by atoms with Gasteiger partial charge >= 0.3 is 0 Å². The van der Waals surface area contributed by atoms with Crippen molar-refractivity contribution in [1.29, 1.82) is 0 Å². The zero-order chi connectivity index (χ0) is 13.3. The van der Waals surface area contributed by atoms with E-state index in [-0.39, 0.29) is 0 Å². The van der Waals surface area contributed by atoms with Gasteiger partial charge in [0.1, 0.15) is 0 Å². The van der Waals surface area contributed by atoms with Gasteiger partial charge in [-0.15, -0.1) is 22.9 Å². The summed E-state index contributed by atoms with van der Waals surface area (Å²) in [6.45, 7) is 9.87. The fraction of sp³-hybridized carbons (Fsp3) is 0.615. The molecule has 0 saturated carbocycles. The molecule has 0 spiro atoms. The lowest BCUT2D eigenvalue weighted by atomic mass is 10.1. The molecule has 2 heterocycles. The molecule has 0 fully saturated rings.